The summed E-state index contributed by atoms with van der Waals surface area (Å²) < 4.78 is 49.8. The molecule has 0 spiro atoms. The van der Waals surface area contributed by atoms with Crippen molar-refractivity contribution in [3.05, 3.63) is 18.3 Å². The molecule has 1 atom stereocenters. The van der Waals surface area contributed by atoms with Crippen molar-refractivity contribution in [2.24, 2.45) is 0 Å². The second-order valence-electron chi connectivity index (χ2n) is 5.37. The molecule has 0 aromatic carbocycles. The lowest BCUT2D eigenvalue weighted by molar-refractivity contribution is 0.254. The van der Waals surface area contributed by atoms with Gasteiger partial charge < -0.3 is 5.32 Å². The third kappa shape index (κ3) is 3.65. The monoisotopic (exact) mass is 347 g/mol. The van der Waals surface area contributed by atoms with Gasteiger partial charge in [-0.15, -0.1) is 0 Å². The molecule has 0 aliphatic carbocycles. The number of nitrogens with zero attached hydrogens (tertiary/aromatic N) is 2. The Morgan fingerprint density at radius 2 is 2.05 bits per heavy atom. The molecule has 1 fully saturated rings. The molecule has 22 heavy (non-hydrogen) atoms. The average molecular weight is 347 g/mol. The fraction of sp³-hybridized carbons (Fsp3) is 0.615. The first kappa shape index (κ1) is 17.3. The van der Waals surface area contributed by atoms with Crippen molar-refractivity contribution in [1.29, 1.82) is 0 Å². The van der Waals surface area contributed by atoms with Crippen LogP contribution in [0.25, 0.3) is 0 Å². The van der Waals surface area contributed by atoms with Crippen LogP contribution < -0.4 is 5.32 Å². The fourth-order valence-corrected chi connectivity index (χ4v) is 4.67. The second kappa shape index (κ2) is 6.61. The third-order valence-electron chi connectivity index (χ3n) is 3.61. The van der Waals surface area contributed by atoms with Crippen LogP contribution in [0, 0.1) is 0 Å². The molecule has 124 valence electrons. The Morgan fingerprint density at radius 3 is 2.59 bits per heavy atom. The van der Waals surface area contributed by atoms with Crippen LogP contribution >= 0.6 is 0 Å². The van der Waals surface area contributed by atoms with E-state index in [1.54, 1.807) is 0 Å². The molecule has 0 amide bonds. The second-order valence-corrected chi connectivity index (χ2v) is 9.22. The van der Waals surface area contributed by atoms with Crippen molar-refractivity contribution in [3.8, 4) is 0 Å². The standard InChI is InChI=1S/C13H21N3O4S2/c1-3-4-11-9-14-7-8-16(11)22(19,20)12-5-6-13(15-10-12)21(2,17)18/h5-6,10-11,14H,3-4,7-9H2,1-2H3. The van der Waals surface area contributed by atoms with Crippen LogP contribution in [-0.4, -0.2) is 58.1 Å². The molecular formula is C13H21N3O4S2. The van der Waals surface area contributed by atoms with Crippen LogP contribution in [0.5, 0.6) is 0 Å². The molecule has 1 unspecified atom stereocenters. The highest BCUT2D eigenvalue weighted by molar-refractivity contribution is 7.90. The number of rotatable bonds is 5. The predicted molar refractivity (Wildman–Crippen MR) is 82.8 cm³/mol. The van der Waals surface area contributed by atoms with Crippen LogP contribution in [0.15, 0.2) is 28.3 Å². The molecule has 1 saturated heterocycles. The molecular weight excluding hydrogens is 326 g/mol. The van der Waals surface area contributed by atoms with E-state index in [-0.39, 0.29) is 16.0 Å². The summed E-state index contributed by atoms with van der Waals surface area (Å²) in [4.78, 5) is 3.80. The summed E-state index contributed by atoms with van der Waals surface area (Å²) in [6.45, 7) is 3.65. The van der Waals surface area contributed by atoms with Gasteiger partial charge in [-0.25, -0.2) is 21.8 Å². The Kier molecular flexibility index (Phi) is 5.21. The number of sulfonamides is 1. The van der Waals surface area contributed by atoms with E-state index in [1.165, 1.54) is 16.4 Å². The summed E-state index contributed by atoms with van der Waals surface area (Å²) in [6.07, 6.45) is 3.83. The Balaban J connectivity index is 2.32. The largest absolute Gasteiger partial charge is 0.314 e. The number of sulfone groups is 1. The lowest BCUT2D eigenvalue weighted by Gasteiger charge is -2.35. The summed E-state index contributed by atoms with van der Waals surface area (Å²) in [6, 6.07) is 2.46. The summed E-state index contributed by atoms with van der Waals surface area (Å²) in [7, 11) is -7.10. The van der Waals surface area contributed by atoms with E-state index in [2.05, 4.69) is 10.3 Å². The third-order valence-corrected chi connectivity index (χ3v) is 6.55. The minimum absolute atomic E-state index is 0.0305. The smallest absolute Gasteiger partial charge is 0.244 e. The van der Waals surface area contributed by atoms with Crippen LogP contribution in [0.1, 0.15) is 19.8 Å². The van der Waals surface area contributed by atoms with Crippen LogP contribution in [0.4, 0.5) is 0 Å². The van der Waals surface area contributed by atoms with Gasteiger partial charge in [0.15, 0.2) is 14.9 Å². The van der Waals surface area contributed by atoms with Crippen LogP contribution in [0.2, 0.25) is 0 Å². The Bertz CT molecular complexity index is 712. The summed E-state index contributed by atoms with van der Waals surface area (Å²) >= 11 is 0. The van der Waals surface area contributed by atoms with E-state index >= 15 is 0 Å². The number of pyridine rings is 1. The summed E-state index contributed by atoms with van der Waals surface area (Å²) in [5.74, 6) is 0. The zero-order valence-corrected chi connectivity index (χ0v) is 14.3. The Labute approximate surface area is 131 Å². The highest BCUT2D eigenvalue weighted by atomic mass is 32.2. The predicted octanol–water partition coefficient (Wildman–Crippen LogP) is 0.248. The van der Waals surface area contributed by atoms with Gasteiger partial charge in [-0.3, -0.25) is 0 Å². The molecule has 1 N–H and O–H groups in total. The minimum Gasteiger partial charge on any atom is -0.314 e. The van der Waals surface area contributed by atoms with E-state index in [0.717, 1.165) is 25.3 Å². The van der Waals surface area contributed by atoms with Gasteiger partial charge in [-0.1, -0.05) is 13.3 Å². The number of nitrogens with one attached hydrogen (secondary N) is 1. The maximum Gasteiger partial charge on any atom is 0.244 e. The number of piperazine rings is 1. The Morgan fingerprint density at radius 1 is 1.32 bits per heavy atom. The lowest BCUT2D eigenvalue weighted by atomic mass is 10.1. The minimum atomic E-state index is -3.66. The molecule has 0 saturated carbocycles. The van der Waals surface area contributed by atoms with Gasteiger partial charge in [0.25, 0.3) is 0 Å². The first-order valence-corrected chi connectivity index (χ1v) is 10.5. The van der Waals surface area contributed by atoms with E-state index in [1.807, 2.05) is 6.92 Å². The maximum absolute atomic E-state index is 12.7. The molecule has 9 heteroatoms. The normalized spacial score (nSPS) is 20.9. The quantitative estimate of drug-likeness (QED) is 0.820. The molecule has 2 heterocycles. The van der Waals surface area contributed by atoms with Crippen molar-refractivity contribution in [2.75, 3.05) is 25.9 Å². The van der Waals surface area contributed by atoms with Gasteiger partial charge in [-0.2, -0.15) is 4.31 Å². The number of hydrogen-bond donors (Lipinski definition) is 1. The fourth-order valence-electron chi connectivity index (χ4n) is 2.51. The van der Waals surface area contributed by atoms with Crippen molar-refractivity contribution >= 4 is 19.9 Å². The molecule has 2 rings (SSSR count). The SMILES string of the molecule is CCCC1CNCCN1S(=O)(=O)c1ccc(S(C)(=O)=O)nc1. The van der Waals surface area contributed by atoms with Gasteiger partial charge >= 0.3 is 0 Å². The Hall–Kier alpha value is -1.03. The van der Waals surface area contributed by atoms with Crippen molar-refractivity contribution in [2.45, 2.75) is 35.7 Å². The summed E-state index contributed by atoms with van der Waals surface area (Å²) in [5.41, 5.74) is 0. The van der Waals surface area contributed by atoms with E-state index < -0.39 is 19.9 Å². The topological polar surface area (TPSA) is 96.4 Å². The van der Waals surface area contributed by atoms with Crippen molar-refractivity contribution in [1.82, 2.24) is 14.6 Å². The molecule has 1 aromatic rings. The van der Waals surface area contributed by atoms with Gasteiger partial charge in [0.2, 0.25) is 10.0 Å². The first-order chi connectivity index (χ1) is 10.3. The molecule has 0 bridgehead atoms. The highest BCUT2D eigenvalue weighted by Crippen LogP contribution is 2.21. The maximum atomic E-state index is 12.7. The molecule has 0 radical (unpaired) electrons. The number of aromatic nitrogens is 1. The van der Waals surface area contributed by atoms with E-state index in [9.17, 15) is 16.8 Å². The van der Waals surface area contributed by atoms with Gasteiger partial charge in [0.05, 0.1) is 0 Å². The highest BCUT2D eigenvalue weighted by Gasteiger charge is 2.33. The lowest BCUT2D eigenvalue weighted by Crippen LogP contribution is -2.53. The van der Waals surface area contributed by atoms with Crippen LogP contribution in [-0.2, 0) is 19.9 Å². The molecule has 7 nitrogen and oxygen atoms in total. The van der Waals surface area contributed by atoms with Crippen LogP contribution in [0.3, 0.4) is 0 Å². The van der Waals surface area contributed by atoms with Crippen molar-refractivity contribution in [3.63, 3.8) is 0 Å². The van der Waals surface area contributed by atoms with E-state index in [0.29, 0.717) is 19.6 Å². The number of hydrogen-bond acceptors (Lipinski definition) is 6. The summed E-state index contributed by atoms with van der Waals surface area (Å²) in [5, 5.41) is 3.07. The van der Waals surface area contributed by atoms with E-state index in [4.69, 9.17) is 0 Å². The zero-order chi connectivity index (χ0) is 16.4. The van der Waals surface area contributed by atoms with Gasteiger partial charge in [-0.05, 0) is 18.6 Å². The zero-order valence-electron chi connectivity index (χ0n) is 12.7. The van der Waals surface area contributed by atoms with Gasteiger partial charge in [0.1, 0.15) is 4.90 Å². The molecule has 1 aliphatic heterocycles. The average Bonchev–Trinajstić information content (AvgIpc) is 2.47. The van der Waals surface area contributed by atoms with Crippen molar-refractivity contribution < 1.29 is 16.8 Å². The van der Waals surface area contributed by atoms with Gasteiger partial charge in [0, 0.05) is 38.1 Å². The molecule has 1 aliphatic rings. The first-order valence-electron chi connectivity index (χ1n) is 7.15. The molecule has 1 aromatic heterocycles.